The first-order valence-corrected chi connectivity index (χ1v) is 14.6. The number of thiazole rings is 1. The van der Waals surface area contributed by atoms with Crippen molar-refractivity contribution in [1.82, 2.24) is 4.57 Å². The molecule has 216 valence electrons. The number of aromatic nitrogens is 1. The van der Waals surface area contributed by atoms with Gasteiger partial charge in [-0.2, -0.15) is 0 Å². The number of hydrogen-bond donors (Lipinski definition) is 0. The average Bonchev–Trinajstić information content (AvgIpc) is 3.23. The zero-order chi connectivity index (χ0) is 29.8. The van der Waals surface area contributed by atoms with E-state index in [1.54, 1.807) is 57.4 Å². The molecule has 2 heterocycles. The fraction of sp³-hybridized carbons (Fsp3) is 0.310. The summed E-state index contributed by atoms with van der Waals surface area (Å²) < 4.78 is 30.0. The molecule has 1 aromatic heterocycles. The van der Waals surface area contributed by atoms with Crippen LogP contribution in [0.5, 0.6) is 23.0 Å². The molecule has 2 aromatic carbocycles. The Balaban J connectivity index is 1.96. The summed E-state index contributed by atoms with van der Waals surface area (Å²) in [6.45, 7) is 7.10. The largest absolute Gasteiger partial charge is 0.497 e. The van der Waals surface area contributed by atoms with Crippen LogP contribution in [0.1, 0.15) is 44.9 Å². The zero-order valence-electron chi connectivity index (χ0n) is 23.4. The van der Waals surface area contributed by atoms with E-state index in [0.717, 1.165) is 0 Å². The Hall–Kier alpha value is -3.65. The molecule has 3 aromatic rings. The van der Waals surface area contributed by atoms with Crippen molar-refractivity contribution in [2.75, 3.05) is 27.4 Å². The summed E-state index contributed by atoms with van der Waals surface area (Å²) in [5, 5.41) is 0. The van der Waals surface area contributed by atoms with Gasteiger partial charge in [-0.15, -0.1) is 0 Å². The highest BCUT2D eigenvalue weighted by atomic mass is 127. The maximum Gasteiger partial charge on any atom is 0.338 e. The minimum atomic E-state index is -0.848. The third-order valence-electron chi connectivity index (χ3n) is 6.13. The predicted molar refractivity (Wildman–Crippen MR) is 162 cm³/mol. The van der Waals surface area contributed by atoms with Crippen molar-refractivity contribution in [3.05, 3.63) is 76.0 Å². The molecule has 0 bridgehead atoms. The number of hydrogen-bond acceptors (Lipinski definition) is 10. The molecular weight excluding hydrogens is 663 g/mol. The summed E-state index contributed by atoms with van der Waals surface area (Å²) in [6, 6.07) is 7.86. The van der Waals surface area contributed by atoms with Crippen LogP contribution >= 0.6 is 33.9 Å². The standard InChI is InChI=1S/C29H29IN2O8S/c1-7-38-22-12-17(11-20(30)26(22)40-16(4)33)13-23-27(34)32-25(19-10-9-18(36-5)14-21(19)37-6)24(28(35)39-8-2)15(3)31-29(32)41-23/h9-14,25H,7-8H2,1-6H3/b23-13-/t25-/m1/s1. The van der Waals surface area contributed by atoms with Gasteiger partial charge in [-0.25, -0.2) is 9.79 Å². The second-order valence-electron chi connectivity index (χ2n) is 8.77. The molecule has 0 aliphatic carbocycles. The number of nitrogens with zero attached hydrogens (tertiary/aromatic N) is 2. The quantitative estimate of drug-likeness (QED) is 0.190. The molecule has 0 saturated heterocycles. The van der Waals surface area contributed by atoms with Crippen LogP contribution in [0.15, 0.2) is 51.4 Å². The van der Waals surface area contributed by atoms with E-state index in [1.807, 2.05) is 6.92 Å². The first-order chi connectivity index (χ1) is 19.6. The Morgan fingerprint density at radius 1 is 1.10 bits per heavy atom. The van der Waals surface area contributed by atoms with Crippen molar-refractivity contribution in [2.45, 2.75) is 33.7 Å². The van der Waals surface area contributed by atoms with Crippen LogP contribution in [0.4, 0.5) is 0 Å². The fourth-order valence-electron chi connectivity index (χ4n) is 4.46. The lowest BCUT2D eigenvalue weighted by Crippen LogP contribution is -2.40. The topological polar surface area (TPSA) is 115 Å². The number of benzene rings is 2. The lowest BCUT2D eigenvalue weighted by molar-refractivity contribution is -0.139. The van der Waals surface area contributed by atoms with Gasteiger partial charge in [0.15, 0.2) is 16.3 Å². The molecule has 0 amide bonds. The van der Waals surface area contributed by atoms with Gasteiger partial charge in [-0.05, 0) is 79.3 Å². The fourth-order valence-corrected chi connectivity index (χ4v) is 6.24. The summed E-state index contributed by atoms with van der Waals surface area (Å²) in [5.41, 5.74) is 1.59. The SMILES string of the molecule is CCOC(=O)C1=C(C)N=c2s/c(=C\c3cc(I)c(OC(C)=O)c(OCC)c3)c(=O)n2[C@@H]1c1ccc(OC)cc1OC. The lowest BCUT2D eigenvalue weighted by atomic mass is 9.95. The molecule has 1 aliphatic heterocycles. The number of methoxy groups -OCH3 is 2. The molecule has 12 heteroatoms. The van der Waals surface area contributed by atoms with E-state index >= 15 is 0 Å². The molecule has 0 unspecified atom stereocenters. The molecule has 1 atom stereocenters. The number of allylic oxidation sites excluding steroid dienone is 1. The van der Waals surface area contributed by atoms with E-state index in [1.165, 1.54) is 29.9 Å². The minimum absolute atomic E-state index is 0.163. The number of esters is 2. The summed E-state index contributed by atoms with van der Waals surface area (Å²) in [4.78, 5) is 43.9. The van der Waals surface area contributed by atoms with Crippen LogP contribution < -0.4 is 33.8 Å². The van der Waals surface area contributed by atoms with Gasteiger partial charge in [0, 0.05) is 18.6 Å². The number of halogens is 1. The lowest BCUT2D eigenvalue weighted by Gasteiger charge is -2.26. The third-order valence-corrected chi connectivity index (χ3v) is 7.91. The van der Waals surface area contributed by atoms with Crippen molar-refractivity contribution < 1.29 is 33.3 Å². The van der Waals surface area contributed by atoms with Gasteiger partial charge in [-0.3, -0.25) is 14.2 Å². The number of ether oxygens (including phenoxy) is 5. The van der Waals surface area contributed by atoms with E-state index in [0.29, 0.717) is 59.3 Å². The Bertz CT molecular complexity index is 1720. The normalized spacial score (nSPS) is 14.7. The summed E-state index contributed by atoms with van der Waals surface area (Å²) in [5.74, 6) is 0.676. The number of rotatable bonds is 9. The van der Waals surface area contributed by atoms with Gasteiger partial charge in [0.25, 0.3) is 5.56 Å². The number of carbonyl (C=O) groups excluding carboxylic acids is 2. The molecule has 41 heavy (non-hydrogen) atoms. The highest BCUT2D eigenvalue weighted by molar-refractivity contribution is 14.1. The molecule has 0 radical (unpaired) electrons. The average molecular weight is 693 g/mol. The predicted octanol–water partition coefficient (Wildman–Crippen LogP) is 3.74. The molecule has 0 spiro atoms. The van der Waals surface area contributed by atoms with Gasteiger partial charge < -0.3 is 23.7 Å². The van der Waals surface area contributed by atoms with Crippen molar-refractivity contribution in [2.24, 2.45) is 4.99 Å². The number of fused-ring (bicyclic) bond motifs is 1. The molecule has 4 rings (SSSR count). The van der Waals surface area contributed by atoms with E-state index in [2.05, 4.69) is 27.6 Å². The highest BCUT2D eigenvalue weighted by Crippen LogP contribution is 2.38. The molecule has 10 nitrogen and oxygen atoms in total. The van der Waals surface area contributed by atoms with Crippen LogP contribution in [0.2, 0.25) is 0 Å². The van der Waals surface area contributed by atoms with Crippen LogP contribution in [-0.4, -0.2) is 43.9 Å². The molecule has 1 aliphatic rings. The Labute approximate surface area is 254 Å². The second-order valence-corrected chi connectivity index (χ2v) is 10.9. The maximum absolute atomic E-state index is 14.0. The monoisotopic (exact) mass is 692 g/mol. The van der Waals surface area contributed by atoms with Crippen molar-refractivity contribution >= 4 is 51.9 Å². The van der Waals surface area contributed by atoms with Gasteiger partial charge in [0.2, 0.25) is 0 Å². The van der Waals surface area contributed by atoms with Crippen molar-refractivity contribution in [3.63, 3.8) is 0 Å². The van der Waals surface area contributed by atoms with Crippen LogP contribution in [-0.2, 0) is 14.3 Å². The van der Waals surface area contributed by atoms with Crippen LogP contribution in [0.3, 0.4) is 0 Å². The zero-order valence-corrected chi connectivity index (χ0v) is 26.4. The first kappa shape index (κ1) is 30.3. The summed E-state index contributed by atoms with van der Waals surface area (Å²) in [7, 11) is 3.06. The van der Waals surface area contributed by atoms with Crippen molar-refractivity contribution in [1.29, 1.82) is 0 Å². The van der Waals surface area contributed by atoms with Gasteiger partial charge in [0.05, 0.1) is 46.8 Å². The second kappa shape index (κ2) is 12.9. The number of carbonyl (C=O) groups is 2. The Morgan fingerprint density at radius 3 is 2.49 bits per heavy atom. The van der Waals surface area contributed by atoms with Gasteiger partial charge >= 0.3 is 11.9 Å². The Morgan fingerprint density at radius 2 is 1.85 bits per heavy atom. The maximum atomic E-state index is 14.0. The van der Waals surface area contributed by atoms with E-state index in [-0.39, 0.29) is 17.7 Å². The Kier molecular flexibility index (Phi) is 9.53. The third kappa shape index (κ3) is 6.17. The molecule has 0 N–H and O–H groups in total. The summed E-state index contributed by atoms with van der Waals surface area (Å²) >= 11 is 3.25. The van der Waals surface area contributed by atoms with E-state index in [4.69, 9.17) is 23.7 Å². The minimum Gasteiger partial charge on any atom is -0.497 e. The van der Waals surface area contributed by atoms with E-state index < -0.39 is 18.0 Å². The molecule has 0 fully saturated rings. The smallest absolute Gasteiger partial charge is 0.338 e. The first-order valence-electron chi connectivity index (χ1n) is 12.7. The van der Waals surface area contributed by atoms with Crippen LogP contribution in [0, 0.1) is 3.57 Å². The molecular formula is C29H29IN2O8S. The van der Waals surface area contributed by atoms with Gasteiger partial charge in [0.1, 0.15) is 17.5 Å². The highest BCUT2D eigenvalue weighted by Gasteiger charge is 2.35. The van der Waals surface area contributed by atoms with Crippen molar-refractivity contribution in [3.8, 4) is 23.0 Å². The van der Waals surface area contributed by atoms with Gasteiger partial charge in [-0.1, -0.05) is 11.3 Å². The van der Waals surface area contributed by atoms with E-state index in [9.17, 15) is 14.4 Å². The van der Waals surface area contributed by atoms with Crippen LogP contribution in [0.25, 0.3) is 6.08 Å². The summed E-state index contributed by atoms with van der Waals surface area (Å²) in [6.07, 6.45) is 1.72. The molecule has 0 saturated carbocycles.